The van der Waals surface area contributed by atoms with E-state index >= 15 is 0 Å². The number of nitrogens with one attached hydrogen (secondary N) is 2. The van der Waals surface area contributed by atoms with Crippen molar-refractivity contribution in [2.45, 2.75) is 13.8 Å². The molecule has 0 saturated heterocycles. The van der Waals surface area contributed by atoms with Crippen LogP contribution < -0.4 is 0 Å². The van der Waals surface area contributed by atoms with Crippen LogP contribution in [0.3, 0.4) is 0 Å². The first kappa shape index (κ1) is 29.2. The SMILES string of the molecule is CC[O][Ru][O]CC.c1ccc2c(c1)-c1nc-2nc2[nH]c(nc3nc(nc4[nH]c(n1)c1ccccc41)-c1ccccc1-3)c1ccccc21. The molecule has 0 spiro atoms. The van der Waals surface area contributed by atoms with Crippen LogP contribution in [0, 0.1) is 0 Å². The molecule has 3 aromatic heterocycles. The monoisotopic (exact) mass is 706 g/mol. The number of hydrogen-bond donors (Lipinski definition) is 2. The molecule has 0 amide bonds. The van der Waals surface area contributed by atoms with Crippen molar-refractivity contribution < 1.29 is 25.0 Å². The molecule has 5 heterocycles. The fourth-order valence-corrected chi connectivity index (χ4v) is 6.26. The van der Waals surface area contributed by atoms with E-state index in [-0.39, 0.29) is 17.8 Å². The van der Waals surface area contributed by atoms with Crippen molar-refractivity contribution >= 4 is 44.1 Å². The zero-order valence-corrected chi connectivity index (χ0v) is 27.2. The second-order valence-electron chi connectivity index (χ2n) is 10.6. The van der Waals surface area contributed by atoms with Crippen molar-refractivity contribution in [1.82, 2.24) is 39.9 Å². The molecule has 0 radical (unpaired) electrons. The molecular formula is C36H28N8O2Ru. The van der Waals surface area contributed by atoms with Crippen LogP contribution in [0.25, 0.3) is 89.7 Å². The minimum Gasteiger partial charge on any atom is -0.324 e. The number of hydrogen-bond acceptors (Lipinski definition) is 8. The molecule has 7 aromatic rings. The van der Waals surface area contributed by atoms with Crippen LogP contribution in [-0.4, -0.2) is 53.1 Å². The Kier molecular flexibility index (Phi) is 7.78. The summed E-state index contributed by atoms with van der Waals surface area (Å²) in [6.07, 6.45) is 0. The molecule has 0 atom stereocenters. The number of aromatic amines is 2. The Labute approximate surface area is 277 Å². The van der Waals surface area contributed by atoms with Crippen molar-refractivity contribution in [1.29, 1.82) is 0 Å². The molecule has 0 aliphatic carbocycles. The molecule has 2 N–H and O–H groups in total. The smallest absolute Gasteiger partial charge is 0.164 e. The number of benzene rings is 4. The van der Waals surface area contributed by atoms with Crippen LogP contribution in [0.15, 0.2) is 97.1 Å². The van der Waals surface area contributed by atoms with E-state index in [0.29, 0.717) is 45.9 Å². The number of aromatic nitrogens is 8. The molecule has 11 heteroatoms. The molecule has 2 aliphatic heterocycles. The van der Waals surface area contributed by atoms with Gasteiger partial charge in [-0.1, -0.05) is 97.1 Å². The van der Waals surface area contributed by atoms with E-state index in [4.69, 9.17) is 37.0 Å². The molecule has 0 fully saturated rings. The average molecular weight is 706 g/mol. The number of nitrogens with zero attached hydrogens (tertiary/aromatic N) is 6. The van der Waals surface area contributed by atoms with Gasteiger partial charge >= 0.3 is 52.0 Å². The van der Waals surface area contributed by atoms with Crippen molar-refractivity contribution in [2.75, 3.05) is 13.2 Å². The summed E-state index contributed by atoms with van der Waals surface area (Å²) in [7, 11) is 0. The average Bonchev–Trinajstić information content (AvgIpc) is 3.85. The van der Waals surface area contributed by atoms with Gasteiger partial charge in [0.25, 0.3) is 0 Å². The maximum Gasteiger partial charge on any atom is 0.164 e. The number of rotatable bonds is 4. The Bertz CT molecular complexity index is 2130. The minimum absolute atomic E-state index is 0.227. The molecule has 2 aliphatic rings. The topological polar surface area (TPSA) is 127 Å². The Hall–Kier alpha value is -5.22. The first-order chi connectivity index (χ1) is 23.2. The summed E-state index contributed by atoms with van der Waals surface area (Å²) in [6.45, 7) is 5.48. The Morgan fingerprint density at radius 1 is 0.426 bits per heavy atom. The third-order valence-corrected chi connectivity index (χ3v) is 9.16. The van der Waals surface area contributed by atoms with E-state index in [1.54, 1.807) is 0 Å². The van der Waals surface area contributed by atoms with E-state index in [9.17, 15) is 0 Å². The van der Waals surface area contributed by atoms with Crippen molar-refractivity contribution in [3.05, 3.63) is 97.1 Å². The molecular weight excluding hydrogens is 678 g/mol. The van der Waals surface area contributed by atoms with E-state index in [1.807, 2.05) is 111 Å². The first-order valence-electron chi connectivity index (χ1n) is 15.3. The van der Waals surface area contributed by atoms with Crippen LogP contribution in [0.2, 0.25) is 0 Å². The Balaban J connectivity index is 0.000000420. The van der Waals surface area contributed by atoms with Gasteiger partial charge in [-0.05, 0) is 0 Å². The molecule has 9 rings (SSSR count). The van der Waals surface area contributed by atoms with Gasteiger partial charge in [-0.3, -0.25) is 0 Å². The van der Waals surface area contributed by atoms with Crippen molar-refractivity contribution in [3.8, 4) is 45.6 Å². The molecule has 47 heavy (non-hydrogen) atoms. The number of fused-ring (bicyclic) bond motifs is 20. The van der Waals surface area contributed by atoms with Crippen LogP contribution in [0.5, 0.6) is 0 Å². The summed E-state index contributed by atoms with van der Waals surface area (Å²) in [5.41, 5.74) is 6.45. The predicted octanol–water partition coefficient (Wildman–Crippen LogP) is 7.84. The first-order valence-corrected chi connectivity index (χ1v) is 16.7. The third kappa shape index (κ3) is 5.38. The normalized spacial score (nSPS) is 11.7. The van der Waals surface area contributed by atoms with Crippen LogP contribution in [0.1, 0.15) is 13.8 Å². The second kappa shape index (κ2) is 12.5. The standard InChI is InChI=1S/C32H18N8.2C2H5O.Ru/c1-2-10-18-17(9-1)25-33-26(18)38-28-21-13-5-6-14-22(21)30(35-28)40-32-24-16-8-7-15-23(24)31(36-32)39-29-20-12-4-3-11-19(20)27(34-29)37-25;2*1-2-3;/h1-16H,(H2,33,34,35,36,37,38,39,40);2*2H2,1H3;/q;2*-1;+2. The summed E-state index contributed by atoms with van der Waals surface area (Å²) in [5.74, 6) is 2.39. The van der Waals surface area contributed by atoms with Gasteiger partial charge in [0.1, 0.15) is 22.6 Å². The summed E-state index contributed by atoms with van der Waals surface area (Å²) >= 11 is -0.227. The van der Waals surface area contributed by atoms with Crippen LogP contribution in [0.4, 0.5) is 0 Å². The van der Waals surface area contributed by atoms with E-state index in [0.717, 1.165) is 57.0 Å². The maximum atomic E-state index is 5.02. The van der Waals surface area contributed by atoms with E-state index in [1.165, 1.54) is 0 Å². The second-order valence-corrected chi connectivity index (χ2v) is 11.9. The van der Waals surface area contributed by atoms with Gasteiger partial charge in [0.05, 0.1) is 0 Å². The Morgan fingerprint density at radius 3 is 0.979 bits per heavy atom. The summed E-state index contributed by atoms with van der Waals surface area (Å²) in [6, 6.07) is 32.2. The molecule has 232 valence electrons. The summed E-state index contributed by atoms with van der Waals surface area (Å²) < 4.78 is 9.88. The summed E-state index contributed by atoms with van der Waals surface area (Å²) in [4.78, 5) is 36.8. The van der Waals surface area contributed by atoms with Crippen molar-refractivity contribution in [3.63, 3.8) is 0 Å². The fourth-order valence-electron chi connectivity index (χ4n) is 5.70. The largest absolute Gasteiger partial charge is 0.324 e. The minimum atomic E-state index is -0.227. The van der Waals surface area contributed by atoms with Gasteiger partial charge in [0.2, 0.25) is 0 Å². The van der Waals surface area contributed by atoms with Crippen LogP contribution in [-0.2, 0) is 25.0 Å². The zero-order chi connectivity index (χ0) is 31.7. The fraction of sp³-hybridized carbons (Fsp3) is 0.111. The molecule has 0 unspecified atom stereocenters. The molecule has 10 nitrogen and oxygen atoms in total. The molecule has 0 saturated carbocycles. The van der Waals surface area contributed by atoms with Crippen molar-refractivity contribution in [2.24, 2.45) is 0 Å². The van der Waals surface area contributed by atoms with Gasteiger partial charge < -0.3 is 9.97 Å². The summed E-state index contributed by atoms with van der Waals surface area (Å²) in [5, 5.41) is 3.82. The van der Waals surface area contributed by atoms with Gasteiger partial charge in [-0.15, -0.1) is 0 Å². The van der Waals surface area contributed by atoms with Crippen LogP contribution >= 0.6 is 0 Å². The zero-order valence-electron chi connectivity index (χ0n) is 25.5. The van der Waals surface area contributed by atoms with Gasteiger partial charge in [-0.2, -0.15) is 0 Å². The van der Waals surface area contributed by atoms with Gasteiger partial charge in [0, 0.05) is 43.8 Å². The van der Waals surface area contributed by atoms with Gasteiger partial charge in [0.15, 0.2) is 23.3 Å². The molecule has 4 aromatic carbocycles. The quantitative estimate of drug-likeness (QED) is 0.140. The molecule has 8 bridgehead atoms. The van der Waals surface area contributed by atoms with Gasteiger partial charge in [-0.25, -0.2) is 29.9 Å². The Morgan fingerprint density at radius 2 is 0.702 bits per heavy atom. The number of H-pyrrole nitrogens is 2. The maximum absolute atomic E-state index is 5.02. The predicted molar refractivity (Wildman–Crippen MR) is 179 cm³/mol. The van der Waals surface area contributed by atoms with E-state index in [2.05, 4.69) is 9.97 Å². The third-order valence-electron chi connectivity index (χ3n) is 7.75. The van der Waals surface area contributed by atoms with E-state index < -0.39 is 0 Å².